The third-order valence-corrected chi connectivity index (χ3v) is 5.42. The van der Waals surface area contributed by atoms with Gasteiger partial charge >= 0.3 is 0 Å². The molecule has 0 unspecified atom stereocenters. The van der Waals surface area contributed by atoms with Crippen molar-refractivity contribution in [1.82, 2.24) is 14.7 Å². The first-order chi connectivity index (χ1) is 10.6. The first-order valence-electron chi connectivity index (χ1n) is 8.51. The summed E-state index contributed by atoms with van der Waals surface area (Å²) in [6.07, 6.45) is 3.57. The minimum Gasteiger partial charge on any atom is -0.378 e. The van der Waals surface area contributed by atoms with Crippen molar-refractivity contribution in [2.24, 2.45) is 0 Å². The molecular formula is C17H29N3O2. The molecule has 1 aromatic heterocycles. The summed E-state index contributed by atoms with van der Waals surface area (Å²) >= 11 is 0. The molecule has 1 spiro atoms. The number of hydrogen-bond acceptors (Lipinski definition) is 4. The van der Waals surface area contributed by atoms with E-state index in [1.54, 1.807) is 0 Å². The molecule has 0 aliphatic carbocycles. The molecule has 124 valence electrons. The molecule has 3 rings (SSSR count). The molecule has 3 heterocycles. The topological polar surface area (TPSA) is 39.5 Å². The van der Waals surface area contributed by atoms with Gasteiger partial charge in [-0.1, -0.05) is 0 Å². The van der Waals surface area contributed by atoms with E-state index in [0.717, 1.165) is 57.7 Å². The maximum atomic E-state index is 6.15. The van der Waals surface area contributed by atoms with Crippen LogP contribution in [0.15, 0.2) is 0 Å². The fourth-order valence-corrected chi connectivity index (χ4v) is 4.18. The first kappa shape index (κ1) is 16.0. The Morgan fingerprint density at radius 3 is 2.82 bits per heavy atom. The van der Waals surface area contributed by atoms with Gasteiger partial charge in [-0.25, -0.2) is 0 Å². The predicted molar refractivity (Wildman–Crippen MR) is 86.0 cm³/mol. The molecule has 5 nitrogen and oxygen atoms in total. The quantitative estimate of drug-likeness (QED) is 0.855. The van der Waals surface area contributed by atoms with Crippen molar-refractivity contribution in [1.29, 1.82) is 0 Å². The normalized spacial score (nSPS) is 29.5. The van der Waals surface area contributed by atoms with Gasteiger partial charge < -0.3 is 9.47 Å². The summed E-state index contributed by atoms with van der Waals surface area (Å²) in [4.78, 5) is 2.53. The molecule has 0 amide bonds. The Morgan fingerprint density at radius 2 is 2.23 bits per heavy atom. The van der Waals surface area contributed by atoms with E-state index in [2.05, 4.69) is 35.5 Å². The van der Waals surface area contributed by atoms with Crippen LogP contribution in [0.1, 0.15) is 43.1 Å². The molecule has 2 atom stereocenters. The molecule has 0 N–H and O–H groups in total. The van der Waals surface area contributed by atoms with Crippen molar-refractivity contribution < 1.29 is 9.47 Å². The zero-order valence-corrected chi connectivity index (χ0v) is 14.4. The summed E-state index contributed by atoms with van der Waals surface area (Å²) in [5.41, 5.74) is 3.76. The molecule has 2 saturated heterocycles. The van der Waals surface area contributed by atoms with Crippen molar-refractivity contribution in [3.63, 3.8) is 0 Å². The van der Waals surface area contributed by atoms with Gasteiger partial charge in [-0.2, -0.15) is 5.10 Å². The lowest BCUT2D eigenvalue weighted by Gasteiger charge is -2.44. The summed E-state index contributed by atoms with van der Waals surface area (Å²) in [6.45, 7) is 11.3. The minimum atomic E-state index is -0.0877. The number of hydrogen-bond donors (Lipinski definition) is 0. The summed E-state index contributed by atoms with van der Waals surface area (Å²) in [5.74, 6) is 0. The zero-order valence-electron chi connectivity index (χ0n) is 14.4. The van der Waals surface area contributed by atoms with Crippen LogP contribution in [-0.2, 0) is 22.6 Å². The van der Waals surface area contributed by atoms with Gasteiger partial charge in [0.2, 0.25) is 0 Å². The highest BCUT2D eigenvalue weighted by Gasteiger charge is 2.47. The summed E-state index contributed by atoms with van der Waals surface area (Å²) < 4.78 is 14.0. The van der Waals surface area contributed by atoms with Gasteiger partial charge in [0.15, 0.2) is 0 Å². The van der Waals surface area contributed by atoms with Crippen LogP contribution in [0, 0.1) is 13.8 Å². The Morgan fingerprint density at radius 1 is 1.41 bits per heavy atom. The van der Waals surface area contributed by atoms with Gasteiger partial charge in [0.05, 0.1) is 11.8 Å². The molecule has 22 heavy (non-hydrogen) atoms. The number of rotatable bonds is 4. The lowest BCUT2D eigenvalue weighted by molar-refractivity contribution is -0.145. The third-order valence-electron chi connectivity index (χ3n) is 5.42. The average molecular weight is 307 g/mol. The van der Waals surface area contributed by atoms with Crippen LogP contribution in [0.4, 0.5) is 0 Å². The number of nitrogens with zero attached hydrogens (tertiary/aromatic N) is 3. The highest BCUT2D eigenvalue weighted by Crippen LogP contribution is 2.37. The Balaban J connectivity index is 1.75. The highest BCUT2D eigenvalue weighted by atomic mass is 16.5. The monoisotopic (exact) mass is 307 g/mol. The van der Waals surface area contributed by atoms with Gasteiger partial charge in [-0.15, -0.1) is 0 Å². The fraction of sp³-hybridized carbons (Fsp3) is 0.824. The summed E-state index contributed by atoms with van der Waals surface area (Å²) in [5, 5.41) is 4.65. The molecule has 0 saturated carbocycles. The highest BCUT2D eigenvalue weighted by molar-refractivity contribution is 5.24. The Bertz CT molecular complexity index is 520. The van der Waals surface area contributed by atoms with Crippen LogP contribution in [-0.4, -0.2) is 53.2 Å². The van der Waals surface area contributed by atoms with Crippen LogP contribution in [0.25, 0.3) is 0 Å². The van der Waals surface area contributed by atoms with Crippen LogP contribution < -0.4 is 0 Å². The summed E-state index contributed by atoms with van der Waals surface area (Å²) in [7, 11) is 1.82. The van der Waals surface area contributed by atoms with Gasteiger partial charge in [-0.3, -0.25) is 9.58 Å². The fourth-order valence-electron chi connectivity index (χ4n) is 4.18. The molecular weight excluding hydrogens is 278 g/mol. The molecule has 0 bridgehead atoms. The van der Waals surface area contributed by atoms with Crippen molar-refractivity contribution in [2.45, 2.75) is 64.8 Å². The molecule has 5 heteroatoms. The van der Waals surface area contributed by atoms with Gasteiger partial charge in [0.25, 0.3) is 0 Å². The lowest BCUT2D eigenvalue weighted by atomic mass is 9.86. The minimum absolute atomic E-state index is 0.0877. The van der Waals surface area contributed by atoms with Crippen LogP contribution in [0.5, 0.6) is 0 Å². The van der Waals surface area contributed by atoms with E-state index in [9.17, 15) is 0 Å². The molecule has 2 fully saturated rings. The van der Waals surface area contributed by atoms with Crippen molar-refractivity contribution in [3.05, 3.63) is 17.0 Å². The van der Waals surface area contributed by atoms with E-state index in [1.807, 2.05) is 7.11 Å². The third kappa shape index (κ3) is 2.70. The van der Waals surface area contributed by atoms with E-state index in [-0.39, 0.29) is 11.7 Å². The van der Waals surface area contributed by atoms with E-state index < -0.39 is 0 Å². The average Bonchev–Trinajstić information content (AvgIpc) is 3.07. The van der Waals surface area contributed by atoms with Gasteiger partial charge in [-0.05, 0) is 40.0 Å². The van der Waals surface area contributed by atoms with Gasteiger partial charge in [0.1, 0.15) is 5.60 Å². The van der Waals surface area contributed by atoms with E-state index in [0.29, 0.717) is 0 Å². The number of likely N-dealkylation sites (tertiary alicyclic amines) is 1. The van der Waals surface area contributed by atoms with Crippen molar-refractivity contribution in [3.8, 4) is 0 Å². The number of methoxy groups -OCH3 is 1. The van der Waals surface area contributed by atoms with Crippen LogP contribution >= 0.6 is 0 Å². The number of piperidine rings is 1. The summed E-state index contributed by atoms with van der Waals surface area (Å²) in [6, 6.07) is 0. The second kappa shape index (κ2) is 6.30. The smallest absolute Gasteiger partial charge is 0.107 e. The Labute approximate surface area is 133 Å². The number of ether oxygens (including phenoxy) is 2. The second-order valence-corrected chi connectivity index (χ2v) is 6.71. The molecule has 0 aromatic carbocycles. The second-order valence-electron chi connectivity index (χ2n) is 6.71. The van der Waals surface area contributed by atoms with E-state index in [4.69, 9.17) is 9.47 Å². The van der Waals surface area contributed by atoms with Crippen molar-refractivity contribution in [2.75, 3.05) is 26.8 Å². The van der Waals surface area contributed by atoms with Gasteiger partial charge in [0, 0.05) is 51.2 Å². The maximum Gasteiger partial charge on any atom is 0.107 e. The largest absolute Gasteiger partial charge is 0.378 e. The first-order valence-corrected chi connectivity index (χ1v) is 8.51. The van der Waals surface area contributed by atoms with E-state index >= 15 is 0 Å². The number of aromatic nitrogens is 2. The SMILES string of the molecule is CCn1nc(C)c(CN2CC[C@H](OC)[C@]3(CCCO3)C2)c1C. The Kier molecular flexibility index (Phi) is 4.57. The van der Waals surface area contributed by atoms with Crippen LogP contribution in [0.2, 0.25) is 0 Å². The number of aryl methyl sites for hydroxylation is 2. The molecule has 0 radical (unpaired) electrons. The molecule has 2 aliphatic rings. The Hall–Kier alpha value is -0.910. The maximum absolute atomic E-state index is 6.15. The lowest BCUT2D eigenvalue weighted by Crippen LogP contribution is -2.56. The molecule has 2 aliphatic heterocycles. The van der Waals surface area contributed by atoms with E-state index in [1.165, 1.54) is 11.3 Å². The van der Waals surface area contributed by atoms with Crippen molar-refractivity contribution >= 4 is 0 Å². The zero-order chi connectivity index (χ0) is 15.7. The standard InChI is InChI=1S/C17H29N3O2/c1-5-20-14(3)15(13(2)18-20)11-19-9-7-16(21-4)17(12-19)8-6-10-22-17/h16H,5-12H2,1-4H3/t16-,17-/m0/s1. The molecule has 1 aromatic rings. The predicted octanol–water partition coefficient (Wildman–Crippen LogP) is 2.29. The van der Waals surface area contributed by atoms with Crippen LogP contribution in [0.3, 0.4) is 0 Å².